The Morgan fingerprint density at radius 1 is 1.22 bits per heavy atom. The zero-order chi connectivity index (χ0) is 18.6. The lowest BCUT2D eigenvalue weighted by Gasteiger charge is -2.11. The van der Waals surface area contributed by atoms with E-state index >= 15 is 0 Å². The van der Waals surface area contributed by atoms with Crippen molar-refractivity contribution in [3.63, 3.8) is 0 Å². The highest BCUT2D eigenvalue weighted by molar-refractivity contribution is 5.79. The third-order valence-electron chi connectivity index (χ3n) is 5.03. The second kappa shape index (κ2) is 7.70. The van der Waals surface area contributed by atoms with Crippen molar-refractivity contribution in [2.24, 2.45) is 5.92 Å². The summed E-state index contributed by atoms with van der Waals surface area (Å²) in [5.74, 6) is 1.02. The fourth-order valence-electron chi connectivity index (χ4n) is 3.53. The molecule has 138 valence electrons. The molecule has 0 spiro atoms. The third kappa shape index (κ3) is 3.89. The number of aromatic nitrogens is 3. The first-order valence-electron chi connectivity index (χ1n) is 9.31. The lowest BCUT2D eigenvalue weighted by atomic mass is 10.0. The minimum absolute atomic E-state index is 0.176. The van der Waals surface area contributed by atoms with Gasteiger partial charge in [-0.25, -0.2) is 9.97 Å². The van der Waals surface area contributed by atoms with Crippen LogP contribution in [0.3, 0.4) is 0 Å². The number of carbonyl (C=O) groups excluding carboxylic acids is 1. The standard InChI is InChI=1S/C21H22N4O2/c1-14-10-19(27-25-14)18-12-22-13-24-20(18)16-8-6-15(7-9-16)11-23-21(26)17-4-2-3-5-17/h6-10,12-13,17H,2-5,11H2,1H3,(H,23,26). The zero-order valence-electron chi connectivity index (χ0n) is 15.3. The molecule has 27 heavy (non-hydrogen) atoms. The molecule has 3 aromatic rings. The van der Waals surface area contributed by atoms with Crippen LogP contribution in [0.25, 0.3) is 22.6 Å². The van der Waals surface area contributed by atoms with E-state index in [-0.39, 0.29) is 11.8 Å². The Kier molecular flexibility index (Phi) is 4.96. The molecule has 2 aromatic heterocycles. The molecule has 0 aliphatic heterocycles. The number of aryl methyl sites for hydroxylation is 1. The molecule has 1 aliphatic rings. The van der Waals surface area contributed by atoms with E-state index in [0.29, 0.717) is 12.3 Å². The van der Waals surface area contributed by atoms with Crippen LogP contribution in [0.4, 0.5) is 0 Å². The number of benzene rings is 1. The molecular formula is C21H22N4O2. The van der Waals surface area contributed by atoms with Gasteiger partial charge in [-0.05, 0) is 25.3 Å². The summed E-state index contributed by atoms with van der Waals surface area (Å²) in [4.78, 5) is 20.7. The van der Waals surface area contributed by atoms with E-state index in [9.17, 15) is 4.79 Å². The van der Waals surface area contributed by atoms with E-state index < -0.39 is 0 Å². The molecule has 1 fully saturated rings. The van der Waals surface area contributed by atoms with E-state index in [1.807, 2.05) is 37.3 Å². The molecule has 6 nitrogen and oxygen atoms in total. The monoisotopic (exact) mass is 362 g/mol. The van der Waals surface area contributed by atoms with Gasteiger partial charge in [0.05, 0.1) is 17.0 Å². The maximum Gasteiger partial charge on any atom is 0.223 e. The molecule has 4 rings (SSSR count). The molecule has 0 bridgehead atoms. The molecule has 1 amide bonds. The summed E-state index contributed by atoms with van der Waals surface area (Å²) in [6.45, 7) is 2.43. The molecule has 6 heteroatoms. The third-order valence-corrected chi connectivity index (χ3v) is 5.03. The second-order valence-electron chi connectivity index (χ2n) is 7.01. The molecule has 0 radical (unpaired) electrons. The number of nitrogens with one attached hydrogen (secondary N) is 1. The summed E-state index contributed by atoms with van der Waals surface area (Å²) in [6, 6.07) is 9.91. The smallest absolute Gasteiger partial charge is 0.223 e. The van der Waals surface area contributed by atoms with Crippen LogP contribution in [0, 0.1) is 12.8 Å². The highest BCUT2D eigenvalue weighted by atomic mass is 16.5. The molecule has 1 aliphatic carbocycles. The van der Waals surface area contributed by atoms with Crippen LogP contribution in [0.2, 0.25) is 0 Å². The lowest BCUT2D eigenvalue weighted by Crippen LogP contribution is -2.28. The van der Waals surface area contributed by atoms with Crippen molar-refractivity contribution in [3.05, 3.63) is 54.1 Å². The minimum atomic E-state index is 0.176. The van der Waals surface area contributed by atoms with Gasteiger partial charge in [0.25, 0.3) is 0 Å². The lowest BCUT2D eigenvalue weighted by molar-refractivity contribution is -0.124. The van der Waals surface area contributed by atoms with Crippen LogP contribution in [0.5, 0.6) is 0 Å². The van der Waals surface area contributed by atoms with Gasteiger partial charge in [-0.2, -0.15) is 0 Å². The van der Waals surface area contributed by atoms with Crippen LogP contribution in [-0.4, -0.2) is 21.0 Å². The summed E-state index contributed by atoms with van der Waals surface area (Å²) < 4.78 is 5.37. The molecule has 0 unspecified atom stereocenters. The second-order valence-corrected chi connectivity index (χ2v) is 7.01. The highest BCUT2D eigenvalue weighted by Gasteiger charge is 2.22. The number of rotatable bonds is 5. The number of nitrogens with zero attached hydrogens (tertiary/aromatic N) is 3. The van der Waals surface area contributed by atoms with Gasteiger partial charge in [0.15, 0.2) is 5.76 Å². The van der Waals surface area contributed by atoms with Gasteiger partial charge in [0, 0.05) is 30.3 Å². The van der Waals surface area contributed by atoms with Gasteiger partial charge in [0.2, 0.25) is 5.91 Å². The van der Waals surface area contributed by atoms with Crippen molar-refractivity contribution < 1.29 is 9.32 Å². The Bertz CT molecular complexity index is 927. The molecule has 0 atom stereocenters. The van der Waals surface area contributed by atoms with Crippen LogP contribution in [0.1, 0.15) is 36.9 Å². The van der Waals surface area contributed by atoms with Crippen molar-refractivity contribution in [2.75, 3.05) is 0 Å². The average molecular weight is 362 g/mol. The predicted molar refractivity (Wildman–Crippen MR) is 102 cm³/mol. The Hall–Kier alpha value is -3.02. The summed E-state index contributed by atoms with van der Waals surface area (Å²) in [5, 5.41) is 7.00. The van der Waals surface area contributed by atoms with Crippen LogP contribution >= 0.6 is 0 Å². The van der Waals surface area contributed by atoms with E-state index in [1.165, 1.54) is 19.2 Å². The van der Waals surface area contributed by atoms with Crippen LogP contribution in [0.15, 0.2) is 47.4 Å². The number of hydrogen-bond donors (Lipinski definition) is 1. The van der Waals surface area contributed by atoms with E-state index in [4.69, 9.17) is 4.52 Å². The molecule has 0 saturated heterocycles. The fraction of sp³-hybridized carbons (Fsp3) is 0.333. The summed E-state index contributed by atoms with van der Waals surface area (Å²) in [6.07, 6.45) is 7.62. The van der Waals surface area contributed by atoms with Gasteiger partial charge < -0.3 is 9.84 Å². The summed E-state index contributed by atoms with van der Waals surface area (Å²) in [5.41, 5.74) is 4.44. The fourth-order valence-corrected chi connectivity index (χ4v) is 3.53. The molecule has 1 aromatic carbocycles. The van der Waals surface area contributed by atoms with Gasteiger partial charge in [-0.3, -0.25) is 4.79 Å². The molecule has 2 heterocycles. The maximum atomic E-state index is 12.2. The van der Waals surface area contributed by atoms with Gasteiger partial charge in [-0.1, -0.05) is 42.3 Å². The van der Waals surface area contributed by atoms with Crippen molar-refractivity contribution >= 4 is 5.91 Å². The average Bonchev–Trinajstić information content (AvgIpc) is 3.38. The zero-order valence-corrected chi connectivity index (χ0v) is 15.3. The first-order chi connectivity index (χ1) is 13.2. The Morgan fingerprint density at radius 3 is 2.70 bits per heavy atom. The van der Waals surface area contributed by atoms with Crippen LogP contribution in [-0.2, 0) is 11.3 Å². The molecule has 1 N–H and O–H groups in total. The van der Waals surface area contributed by atoms with E-state index in [2.05, 4.69) is 20.4 Å². The summed E-state index contributed by atoms with van der Waals surface area (Å²) >= 11 is 0. The van der Waals surface area contributed by atoms with Crippen molar-refractivity contribution in [2.45, 2.75) is 39.2 Å². The van der Waals surface area contributed by atoms with E-state index in [0.717, 1.165) is 40.9 Å². The SMILES string of the molecule is Cc1cc(-c2cncnc2-c2ccc(CNC(=O)C3CCCC3)cc2)on1. The normalized spacial score (nSPS) is 14.4. The summed E-state index contributed by atoms with van der Waals surface area (Å²) in [7, 11) is 0. The minimum Gasteiger partial charge on any atom is -0.356 e. The Morgan fingerprint density at radius 2 is 2.00 bits per heavy atom. The first-order valence-corrected chi connectivity index (χ1v) is 9.31. The molecular weight excluding hydrogens is 340 g/mol. The van der Waals surface area contributed by atoms with Crippen molar-refractivity contribution in [1.29, 1.82) is 0 Å². The first kappa shape index (κ1) is 17.4. The quantitative estimate of drug-likeness (QED) is 0.744. The molecule has 1 saturated carbocycles. The van der Waals surface area contributed by atoms with Crippen LogP contribution < -0.4 is 5.32 Å². The topological polar surface area (TPSA) is 80.9 Å². The van der Waals surface area contributed by atoms with Crippen molar-refractivity contribution in [1.82, 2.24) is 20.4 Å². The van der Waals surface area contributed by atoms with Gasteiger partial charge in [0.1, 0.15) is 6.33 Å². The number of carbonyl (C=O) groups is 1. The highest BCUT2D eigenvalue weighted by Crippen LogP contribution is 2.30. The maximum absolute atomic E-state index is 12.2. The predicted octanol–water partition coefficient (Wildman–Crippen LogP) is 3.91. The van der Waals surface area contributed by atoms with E-state index in [1.54, 1.807) is 6.20 Å². The number of hydrogen-bond acceptors (Lipinski definition) is 5. The van der Waals surface area contributed by atoms with Gasteiger partial charge >= 0.3 is 0 Å². The largest absolute Gasteiger partial charge is 0.356 e. The van der Waals surface area contributed by atoms with Crippen molar-refractivity contribution in [3.8, 4) is 22.6 Å². The van der Waals surface area contributed by atoms with Gasteiger partial charge in [-0.15, -0.1) is 0 Å². The number of amides is 1. The Labute approximate surface area is 158 Å². The Balaban J connectivity index is 1.49.